The third-order valence-corrected chi connectivity index (χ3v) is 4.63. The van der Waals surface area contributed by atoms with Crippen molar-refractivity contribution in [3.05, 3.63) is 59.9 Å². The van der Waals surface area contributed by atoms with Gasteiger partial charge in [-0.15, -0.1) is 0 Å². The number of fused-ring (bicyclic) bond motifs is 1. The van der Waals surface area contributed by atoms with Gasteiger partial charge in [0.25, 0.3) is 0 Å². The van der Waals surface area contributed by atoms with Gasteiger partial charge in [-0.05, 0) is 30.3 Å². The summed E-state index contributed by atoms with van der Waals surface area (Å²) in [7, 11) is 2.88. The molecule has 4 aromatic rings. The number of hydrogen-bond acceptors (Lipinski definition) is 6. The van der Waals surface area contributed by atoms with Crippen molar-refractivity contribution in [3.8, 4) is 28.9 Å². The lowest BCUT2D eigenvalue weighted by atomic mass is 10.2. The minimum atomic E-state index is -0.620. The second kappa shape index (κ2) is 7.05. The van der Waals surface area contributed by atoms with Crippen molar-refractivity contribution in [2.45, 2.75) is 0 Å². The molecule has 0 radical (unpaired) electrons. The molecule has 2 aromatic heterocycles. The van der Waals surface area contributed by atoms with E-state index in [9.17, 15) is 10.1 Å². The van der Waals surface area contributed by atoms with Crippen molar-refractivity contribution in [2.75, 3.05) is 20.0 Å². The smallest absolute Gasteiger partial charge is 0.357 e. The monoisotopic (exact) mass is 387 g/mol. The molecule has 144 valence electrons. The zero-order valence-electron chi connectivity index (χ0n) is 15.8. The molecule has 3 N–H and O–H groups in total. The first-order valence-corrected chi connectivity index (χ1v) is 8.69. The van der Waals surface area contributed by atoms with Crippen LogP contribution in [-0.2, 0) is 4.74 Å². The normalized spacial score (nSPS) is 10.7. The van der Waals surface area contributed by atoms with E-state index in [2.05, 4.69) is 9.97 Å². The Hall–Kier alpha value is -4.25. The second-order valence-electron chi connectivity index (χ2n) is 6.30. The molecule has 2 aromatic carbocycles. The molecular formula is C21H17N5O3. The van der Waals surface area contributed by atoms with Gasteiger partial charge >= 0.3 is 5.97 Å². The van der Waals surface area contributed by atoms with E-state index >= 15 is 0 Å². The van der Waals surface area contributed by atoms with E-state index in [4.69, 9.17) is 15.2 Å². The Bertz CT molecular complexity index is 1280. The average Bonchev–Trinajstić information content (AvgIpc) is 3.33. The first-order valence-electron chi connectivity index (χ1n) is 8.69. The van der Waals surface area contributed by atoms with E-state index in [0.29, 0.717) is 11.5 Å². The molecule has 0 aliphatic heterocycles. The Labute approximate surface area is 166 Å². The summed E-state index contributed by atoms with van der Waals surface area (Å²) in [6.45, 7) is 0. The lowest BCUT2D eigenvalue weighted by Crippen LogP contribution is -2.11. The summed E-state index contributed by atoms with van der Waals surface area (Å²) in [4.78, 5) is 20.1. The molecule has 0 bridgehead atoms. The number of nitrogens with zero attached hydrogens (tertiary/aromatic N) is 3. The van der Waals surface area contributed by atoms with E-state index in [0.717, 1.165) is 22.3 Å². The first kappa shape index (κ1) is 18.1. The number of hydrogen-bond donors (Lipinski definition) is 2. The summed E-state index contributed by atoms with van der Waals surface area (Å²) in [5.41, 5.74) is 9.42. The minimum absolute atomic E-state index is 0.0844. The molecule has 0 amide bonds. The molecule has 0 saturated heterocycles. The molecule has 0 atom stereocenters. The number of esters is 1. The number of aromatic amines is 1. The highest BCUT2D eigenvalue weighted by atomic mass is 16.5. The average molecular weight is 387 g/mol. The molecule has 0 aliphatic rings. The fourth-order valence-electron chi connectivity index (χ4n) is 3.17. The highest BCUT2D eigenvalue weighted by molar-refractivity contribution is 5.96. The van der Waals surface area contributed by atoms with Crippen LogP contribution in [0, 0.1) is 11.3 Å². The number of nitriles is 1. The number of anilines is 1. The van der Waals surface area contributed by atoms with Gasteiger partial charge in [-0.3, -0.25) is 0 Å². The molecule has 0 fully saturated rings. The SMILES string of the molecule is COC(=O)c1c(N)c(C#N)cn1-c1ccc2nc(-c3cccc(OC)c3)[nH]c2c1. The molecule has 0 unspecified atom stereocenters. The molecule has 8 nitrogen and oxygen atoms in total. The summed E-state index contributed by atoms with van der Waals surface area (Å²) >= 11 is 0. The summed E-state index contributed by atoms with van der Waals surface area (Å²) in [6, 6.07) is 15.0. The molecule has 8 heteroatoms. The minimum Gasteiger partial charge on any atom is -0.497 e. The van der Waals surface area contributed by atoms with Crippen molar-refractivity contribution in [1.82, 2.24) is 14.5 Å². The van der Waals surface area contributed by atoms with E-state index in [-0.39, 0.29) is 16.9 Å². The summed E-state index contributed by atoms with van der Waals surface area (Å²) < 4.78 is 11.6. The Kier molecular flexibility index (Phi) is 4.41. The number of carbonyl (C=O) groups is 1. The lowest BCUT2D eigenvalue weighted by molar-refractivity contribution is 0.0593. The number of imidazole rings is 1. The first-order chi connectivity index (χ1) is 14.0. The number of benzene rings is 2. The zero-order valence-corrected chi connectivity index (χ0v) is 15.8. The highest BCUT2D eigenvalue weighted by Gasteiger charge is 2.22. The molecule has 2 heterocycles. The van der Waals surface area contributed by atoms with Gasteiger partial charge in [-0.25, -0.2) is 9.78 Å². The Morgan fingerprint density at radius 1 is 1.24 bits per heavy atom. The fraction of sp³-hybridized carbons (Fsp3) is 0.0952. The predicted molar refractivity (Wildman–Crippen MR) is 108 cm³/mol. The summed E-state index contributed by atoms with van der Waals surface area (Å²) in [6.07, 6.45) is 1.52. The van der Waals surface area contributed by atoms with Crippen LogP contribution in [0.4, 0.5) is 5.69 Å². The standard InChI is InChI=1S/C21H17N5O3/c1-28-15-5-3-4-12(8-15)20-24-16-7-6-14(9-17(16)25-20)26-11-13(10-22)18(23)19(26)21(27)29-2/h3-9,11H,23H2,1-2H3,(H,24,25). The van der Waals surface area contributed by atoms with Crippen LogP contribution in [0.1, 0.15) is 16.1 Å². The predicted octanol–water partition coefficient (Wildman–Crippen LogP) is 3.27. The van der Waals surface area contributed by atoms with Crippen molar-refractivity contribution in [2.24, 2.45) is 0 Å². The number of methoxy groups -OCH3 is 2. The van der Waals surface area contributed by atoms with Crippen LogP contribution in [0.15, 0.2) is 48.7 Å². The second-order valence-corrected chi connectivity index (χ2v) is 6.30. The molecule has 4 rings (SSSR count). The lowest BCUT2D eigenvalue weighted by Gasteiger charge is -2.08. The van der Waals surface area contributed by atoms with Crippen LogP contribution < -0.4 is 10.5 Å². The number of rotatable bonds is 4. The third kappa shape index (κ3) is 3.04. The molecule has 29 heavy (non-hydrogen) atoms. The van der Waals surface area contributed by atoms with Crippen LogP contribution in [0.5, 0.6) is 5.75 Å². The number of H-pyrrole nitrogens is 1. The van der Waals surface area contributed by atoms with Gasteiger partial charge in [-0.2, -0.15) is 5.26 Å². The number of aromatic nitrogens is 3. The quantitative estimate of drug-likeness (QED) is 0.519. The number of ether oxygens (including phenoxy) is 2. The molecule has 0 saturated carbocycles. The van der Waals surface area contributed by atoms with E-state index in [1.54, 1.807) is 17.7 Å². The van der Waals surface area contributed by atoms with Gasteiger partial charge in [0.1, 0.15) is 17.6 Å². The number of nitrogens with one attached hydrogen (secondary N) is 1. The summed E-state index contributed by atoms with van der Waals surface area (Å²) in [5.74, 6) is 0.804. The maximum absolute atomic E-state index is 12.2. The van der Waals surface area contributed by atoms with Gasteiger partial charge in [0.15, 0.2) is 5.69 Å². The highest BCUT2D eigenvalue weighted by Crippen LogP contribution is 2.28. The maximum atomic E-state index is 12.2. The van der Waals surface area contributed by atoms with Crippen molar-refractivity contribution in [3.63, 3.8) is 0 Å². The van der Waals surface area contributed by atoms with Crippen molar-refractivity contribution in [1.29, 1.82) is 5.26 Å². The van der Waals surface area contributed by atoms with Crippen molar-refractivity contribution < 1.29 is 14.3 Å². The maximum Gasteiger partial charge on any atom is 0.357 e. The van der Waals surface area contributed by atoms with E-state index in [1.165, 1.54) is 13.3 Å². The van der Waals surface area contributed by atoms with Crippen LogP contribution in [0.2, 0.25) is 0 Å². The molecule has 0 spiro atoms. The molecule has 0 aliphatic carbocycles. The van der Waals surface area contributed by atoms with Gasteiger partial charge in [-0.1, -0.05) is 12.1 Å². The number of carbonyl (C=O) groups excluding carboxylic acids is 1. The number of nitrogen functional groups attached to an aromatic ring is 1. The topological polar surface area (TPSA) is 119 Å². The van der Waals surface area contributed by atoms with Crippen LogP contribution in [0.25, 0.3) is 28.1 Å². The van der Waals surface area contributed by atoms with Gasteiger partial charge in [0.05, 0.1) is 36.5 Å². The van der Waals surface area contributed by atoms with Crippen LogP contribution in [-0.4, -0.2) is 34.7 Å². The zero-order chi connectivity index (χ0) is 20.5. The van der Waals surface area contributed by atoms with Gasteiger partial charge in [0, 0.05) is 17.4 Å². The fourth-order valence-corrected chi connectivity index (χ4v) is 3.17. The third-order valence-electron chi connectivity index (χ3n) is 4.63. The van der Waals surface area contributed by atoms with Gasteiger partial charge < -0.3 is 24.8 Å². The Balaban J connectivity index is 1.83. The van der Waals surface area contributed by atoms with Crippen molar-refractivity contribution >= 4 is 22.7 Å². The van der Waals surface area contributed by atoms with E-state index < -0.39 is 5.97 Å². The Morgan fingerprint density at radius 2 is 2.07 bits per heavy atom. The van der Waals surface area contributed by atoms with E-state index in [1.807, 2.05) is 42.5 Å². The molecular weight excluding hydrogens is 370 g/mol. The largest absolute Gasteiger partial charge is 0.497 e. The van der Waals surface area contributed by atoms with Gasteiger partial charge in [0.2, 0.25) is 0 Å². The summed E-state index contributed by atoms with van der Waals surface area (Å²) in [5, 5.41) is 9.28. The van der Waals surface area contributed by atoms with Crippen LogP contribution in [0.3, 0.4) is 0 Å². The number of nitrogens with two attached hydrogens (primary N) is 1. The Morgan fingerprint density at radius 3 is 2.79 bits per heavy atom. The van der Waals surface area contributed by atoms with Crippen LogP contribution >= 0.6 is 0 Å².